The number of nitrogens with zero attached hydrogens (tertiary/aromatic N) is 1. The molecule has 0 bridgehead atoms. The lowest BCUT2D eigenvalue weighted by atomic mass is 10.0. The summed E-state index contributed by atoms with van der Waals surface area (Å²) in [6.45, 7) is 3.33. The molecule has 0 unspecified atom stereocenters. The number of amides is 1. The first-order chi connectivity index (χ1) is 16.8. The third kappa shape index (κ3) is 4.77. The Morgan fingerprint density at radius 2 is 1.69 bits per heavy atom. The Labute approximate surface area is 201 Å². The van der Waals surface area contributed by atoms with Crippen molar-refractivity contribution < 1.29 is 23.5 Å². The lowest BCUT2D eigenvalue weighted by Crippen LogP contribution is -2.16. The van der Waals surface area contributed by atoms with E-state index in [1.165, 1.54) is 30.9 Å². The molecule has 178 valence electrons. The molecule has 7 nitrogen and oxygen atoms in total. The van der Waals surface area contributed by atoms with Crippen molar-refractivity contribution in [2.75, 3.05) is 17.7 Å². The molecule has 1 aromatic heterocycles. The van der Waals surface area contributed by atoms with Gasteiger partial charge in [0.15, 0.2) is 0 Å². The molecule has 4 aromatic rings. The average Bonchev–Trinajstić information content (AvgIpc) is 3.25. The highest BCUT2D eigenvalue weighted by Crippen LogP contribution is 2.27. The monoisotopic (exact) mass is 473 g/mol. The zero-order chi connectivity index (χ0) is 25.1. The van der Waals surface area contributed by atoms with Gasteiger partial charge in [-0.2, -0.15) is 0 Å². The van der Waals surface area contributed by atoms with Gasteiger partial charge in [0, 0.05) is 30.7 Å². The van der Waals surface area contributed by atoms with Crippen molar-refractivity contribution in [3.8, 4) is 0 Å². The molecule has 0 aliphatic carbocycles. The lowest BCUT2D eigenvalue weighted by Gasteiger charge is -2.15. The first kappa shape index (κ1) is 23.7. The molecule has 0 saturated carbocycles. The van der Waals surface area contributed by atoms with Crippen LogP contribution in [-0.4, -0.2) is 29.5 Å². The summed E-state index contributed by atoms with van der Waals surface area (Å²) >= 11 is 0. The topological polar surface area (TPSA) is 89.4 Å². The molecule has 3 aromatic carbocycles. The molecule has 1 amide bonds. The molecule has 1 heterocycles. The standard InChI is InChI=1S/C27H24FN3O4/c1-16-20(27(34)35-3)12-18(14-29-23-10-6-5-9-22(23)28)13-24(16)30-26(33)21-15-31(17(2)32)25-11-7-4-8-19(21)25/h4-13,15,29H,14H2,1-3H3,(H,30,33). The number of nitrogens with one attached hydrogen (secondary N) is 2. The van der Waals surface area contributed by atoms with Crippen molar-refractivity contribution >= 4 is 40.1 Å². The molecule has 0 aliphatic heterocycles. The fourth-order valence-corrected chi connectivity index (χ4v) is 3.94. The number of benzene rings is 3. The number of halogens is 1. The zero-order valence-corrected chi connectivity index (χ0v) is 19.5. The van der Waals surface area contributed by atoms with Crippen LogP contribution in [0.5, 0.6) is 0 Å². The Kier molecular flexibility index (Phi) is 6.64. The minimum absolute atomic E-state index is 0.206. The highest BCUT2D eigenvalue weighted by atomic mass is 19.1. The number of para-hydroxylation sites is 2. The van der Waals surface area contributed by atoms with Gasteiger partial charge in [-0.1, -0.05) is 30.3 Å². The molecular weight excluding hydrogens is 449 g/mol. The Balaban J connectivity index is 1.70. The van der Waals surface area contributed by atoms with Gasteiger partial charge in [-0.05, 0) is 48.4 Å². The number of rotatable bonds is 6. The molecule has 0 aliphatic rings. The van der Waals surface area contributed by atoms with Crippen LogP contribution >= 0.6 is 0 Å². The summed E-state index contributed by atoms with van der Waals surface area (Å²) < 4.78 is 20.4. The fourth-order valence-electron chi connectivity index (χ4n) is 3.94. The second-order valence-corrected chi connectivity index (χ2v) is 8.04. The smallest absolute Gasteiger partial charge is 0.338 e. The van der Waals surface area contributed by atoms with E-state index in [1.807, 2.05) is 0 Å². The van der Waals surface area contributed by atoms with Gasteiger partial charge in [0.2, 0.25) is 5.91 Å². The maximum Gasteiger partial charge on any atom is 0.338 e. The summed E-state index contributed by atoms with van der Waals surface area (Å²) in [5.74, 6) is -1.60. The third-order valence-corrected chi connectivity index (χ3v) is 5.77. The summed E-state index contributed by atoms with van der Waals surface area (Å²) in [7, 11) is 1.28. The lowest BCUT2D eigenvalue weighted by molar-refractivity contribution is 0.0599. The number of aromatic nitrogens is 1. The Bertz CT molecular complexity index is 1460. The van der Waals surface area contributed by atoms with Crippen molar-refractivity contribution in [3.05, 3.63) is 94.9 Å². The summed E-state index contributed by atoms with van der Waals surface area (Å²) in [5.41, 5.74) is 3.11. The zero-order valence-electron chi connectivity index (χ0n) is 19.5. The first-order valence-electron chi connectivity index (χ1n) is 10.9. The summed E-state index contributed by atoms with van der Waals surface area (Å²) in [4.78, 5) is 37.8. The molecule has 4 rings (SSSR count). The number of ether oxygens (including phenoxy) is 1. The van der Waals surface area contributed by atoms with Crippen molar-refractivity contribution in [2.45, 2.75) is 20.4 Å². The number of hydrogen-bond donors (Lipinski definition) is 2. The van der Waals surface area contributed by atoms with E-state index in [-0.39, 0.29) is 18.0 Å². The van der Waals surface area contributed by atoms with Gasteiger partial charge in [0.05, 0.1) is 29.4 Å². The SMILES string of the molecule is COC(=O)c1cc(CNc2ccccc2F)cc(NC(=O)c2cn(C(C)=O)c3ccccc23)c1C. The number of anilines is 2. The van der Waals surface area contributed by atoms with Crippen molar-refractivity contribution in [1.29, 1.82) is 0 Å². The minimum atomic E-state index is -0.557. The quantitative estimate of drug-likeness (QED) is 0.366. The fraction of sp³-hybridized carbons (Fsp3) is 0.148. The highest BCUT2D eigenvalue weighted by molar-refractivity contribution is 6.14. The molecule has 0 saturated heterocycles. The third-order valence-electron chi connectivity index (χ3n) is 5.77. The number of hydrogen-bond acceptors (Lipinski definition) is 5. The summed E-state index contributed by atoms with van der Waals surface area (Å²) in [6, 6.07) is 16.8. The summed E-state index contributed by atoms with van der Waals surface area (Å²) in [5, 5.41) is 6.50. The van der Waals surface area contributed by atoms with Crippen LogP contribution in [0.4, 0.5) is 15.8 Å². The van der Waals surface area contributed by atoms with Gasteiger partial charge in [-0.15, -0.1) is 0 Å². The van der Waals surface area contributed by atoms with Gasteiger partial charge < -0.3 is 15.4 Å². The van der Waals surface area contributed by atoms with E-state index in [4.69, 9.17) is 4.74 Å². The van der Waals surface area contributed by atoms with E-state index in [0.29, 0.717) is 39.0 Å². The molecule has 35 heavy (non-hydrogen) atoms. The number of fused-ring (bicyclic) bond motifs is 1. The Morgan fingerprint density at radius 1 is 0.971 bits per heavy atom. The predicted octanol–water partition coefficient (Wildman–Crippen LogP) is 5.40. The molecule has 0 fully saturated rings. The number of esters is 1. The molecular formula is C27H24FN3O4. The van der Waals surface area contributed by atoms with E-state index in [1.54, 1.807) is 61.5 Å². The predicted molar refractivity (Wildman–Crippen MR) is 132 cm³/mol. The molecule has 8 heteroatoms. The van der Waals surface area contributed by atoms with Crippen LogP contribution in [0.25, 0.3) is 10.9 Å². The normalized spacial score (nSPS) is 10.7. The van der Waals surface area contributed by atoms with E-state index in [2.05, 4.69) is 10.6 Å². The van der Waals surface area contributed by atoms with Crippen LogP contribution in [0.1, 0.15) is 43.6 Å². The maximum atomic E-state index is 14.0. The first-order valence-corrected chi connectivity index (χ1v) is 10.9. The second-order valence-electron chi connectivity index (χ2n) is 8.04. The molecule has 2 N–H and O–H groups in total. The van der Waals surface area contributed by atoms with Crippen LogP contribution in [0.2, 0.25) is 0 Å². The summed E-state index contributed by atoms with van der Waals surface area (Å²) in [6.07, 6.45) is 1.50. The molecule has 0 radical (unpaired) electrons. The van der Waals surface area contributed by atoms with Crippen LogP contribution in [-0.2, 0) is 11.3 Å². The Hall–Kier alpha value is -4.46. The van der Waals surface area contributed by atoms with Gasteiger partial charge in [0.1, 0.15) is 5.82 Å². The van der Waals surface area contributed by atoms with Gasteiger partial charge in [-0.25, -0.2) is 9.18 Å². The number of carbonyl (C=O) groups excluding carboxylic acids is 3. The maximum absolute atomic E-state index is 14.0. The largest absolute Gasteiger partial charge is 0.465 e. The average molecular weight is 474 g/mol. The number of methoxy groups -OCH3 is 1. The van der Waals surface area contributed by atoms with Crippen molar-refractivity contribution in [2.24, 2.45) is 0 Å². The van der Waals surface area contributed by atoms with Gasteiger partial charge >= 0.3 is 5.97 Å². The van der Waals surface area contributed by atoms with Crippen molar-refractivity contribution in [3.63, 3.8) is 0 Å². The van der Waals surface area contributed by atoms with Gasteiger partial charge in [0.25, 0.3) is 5.91 Å². The molecule has 0 atom stereocenters. The van der Waals surface area contributed by atoms with Crippen LogP contribution in [0.15, 0.2) is 66.9 Å². The number of carbonyl (C=O) groups is 3. The van der Waals surface area contributed by atoms with Crippen LogP contribution in [0.3, 0.4) is 0 Å². The van der Waals surface area contributed by atoms with Crippen LogP contribution in [0, 0.1) is 12.7 Å². The highest BCUT2D eigenvalue weighted by Gasteiger charge is 2.20. The van der Waals surface area contributed by atoms with E-state index < -0.39 is 17.7 Å². The van der Waals surface area contributed by atoms with E-state index >= 15 is 0 Å². The van der Waals surface area contributed by atoms with E-state index in [9.17, 15) is 18.8 Å². The Morgan fingerprint density at radius 3 is 2.40 bits per heavy atom. The second kappa shape index (κ2) is 9.80. The minimum Gasteiger partial charge on any atom is -0.465 e. The molecule has 0 spiro atoms. The van der Waals surface area contributed by atoms with E-state index in [0.717, 1.165) is 0 Å². The van der Waals surface area contributed by atoms with Crippen molar-refractivity contribution in [1.82, 2.24) is 4.57 Å². The van der Waals surface area contributed by atoms with Gasteiger partial charge in [-0.3, -0.25) is 14.2 Å². The van der Waals surface area contributed by atoms with Crippen LogP contribution < -0.4 is 10.6 Å².